The first-order chi connectivity index (χ1) is 10.7. The van der Waals surface area contributed by atoms with Crippen LogP contribution in [0.25, 0.3) is 0 Å². The zero-order chi connectivity index (χ0) is 17.2. The molecule has 0 saturated carbocycles. The second kappa shape index (κ2) is 6.98. The van der Waals surface area contributed by atoms with E-state index in [1.54, 1.807) is 12.1 Å². The molecule has 1 aliphatic rings. The van der Waals surface area contributed by atoms with E-state index in [4.69, 9.17) is 0 Å². The molecular weight excluding hydrogens is 314 g/mol. The summed E-state index contributed by atoms with van der Waals surface area (Å²) < 4.78 is 25.6. The second-order valence-electron chi connectivity index (χ2n) is 6.34. The Morgan fingerprint density at radius 2 is 1.87 bits per heavy atom. The molecule has 1 atom stereocenters. The summed E-state index contributed by atoms with van der Waals surface area (Å²) in [6, 6.07) is 4.69. The lowest BCUT2D eigenvalue weighted by atomic mass is 10.2. The van der Waals surface area contributed by atoms with Gasteiger partial charge in [0.25, 0.3) is 5.91 Å². The highest BCUT2D eigenvalue weighted by atomic mass is 32.2. The summed E-state index contributed by atoms with van der Waals surface area (Å²) in [5.74, 6) is -0.0654. The molecule has 0 bridgehead atoms. The molecule has 2 rings (SSSR count). The van der Waals surface area contributed by atoms with Gasteiger partial charge in [-0.05, 0) is 31.5 Å². The van der Waals surface area contributed by atoms with Crippen molar-refractivity contribution in [3.05, 3.63) is 23.8 Å². The van der Waals surface area contributed by atoms with Crippen molar-refractivity contribution in [3.63, 3.8) is 0 Å². The number of amides is 1. The third-order valence-corrected chi connectivity index (χ3v) is 6.31. The molecule has 0 spiro atoms. The van der Waals surface area contributed by atoms with Crippen molar-refractivity contribution < 1.29 is 18.1 Å². The van der Waals surface area contributed by atoms with Crippen molar-refractivity contribution in [2.24, 2.45) is 0 Å². The van der Waals surface area contributed by atoms with Crippen LogP contribution in [0.4, 0.5) is 5.69 Å². The van der Waals surface area contributed by atoms with Crippen LogP contribution >= 0.6 is 0 Å². The van der Waals surface area contributed by atoms with Gasteiger partial charge in [0.15, 0.2) is 6.04 Å². The summed E-state index contributed by atoms with van der Waals surface area (Å²) in [6.45, 7) is 5.81. The molecule has 2 N–H and O–H groups in total. The average molecular weight is 340 g/mol. The Kier molecular flexibility index (Phi) is 5.44. The molecule has 0 unspecified atom stereocenters. The first-order valence-corrected chi connectivity index (χ1v) is 9.36. The molecule has 1 aliphatic heterocycles. The monoisotopic (exact) mass is 340 g/mol. The predicted molar refractivity (Wildman–Crippen MR) is 90.1 cm³/mol. The van der Waals surface area contributed by atoms with E-state index in [1.165, 1.54) is 29.4 Å². The van der Waals surface area contributed by atoms with Crippen LogP contribution in [0, 0.1) is 6.92 Å². The first kappa shape index (κ1) is 17.9. The molecule has 0 aromatic heterocycles. The maximum absolute atomic E-state index is 12.5. The van der Waals surface area contributed by atoms with Gasteiger partial charge < -0.3 is 10.2 Å². The highest BCUT2D eigenvalue weighted by Crippen LogP contribution is 2.22. The Bertz CT molecular complexity index is 680. The van der Waals surface area contributed by atoms with Crippen LogP contribution in [0.3, 0.4) is 0 Å². The summed E-state index contributed by atoms with van der Waals surface area (Å²) in [5.41, 5.74) is 1.41. The van der Waals surface area contributed by atoms with Crippen molar-refractivity contribution in [2.75, 3.05) is 32.5 Å². The van der Waals surface area contributed by atoms with Crippen LogP contribution in [0.1, 0.15) is 25.3 Å². The normalized spacial score (nSPS) is 17.4. The van der Waals surface area contributed by atoms with E-state index >= 15 is 0 Å². The largest absolute Gasteiger partial charge is 0.325 e. The number of nitrogens with one attached hydrogen (secondary N) is 2. The molecule has 23 heavy (non-hydrogen) atoms. The lowest BCUT2D eigenvalue weighted by Crippen LogP contribution is -3.14. The van der Waals surface area contributed by atoms with Gasteiger partial charge in [-0.1, -0.05) is 6.07 Å². The maximum Gasteiger partial charge on any atom is 0.282 e. The van der Waals surface area contributed by atoms with E-state index in [-0.39, 0.29) is 16.8 Å². The number of hydrogen-bond donors (Lipinski definition) is 2. The molecule has 1 saturated heterocycles. The molecule has 1 aromatic rings. The Labute approximate surface area is 138 Å². The Morgan fingerprint density at radius 1 is 1.26 bits per heavy atom. The van der Waals surface area contributed by atoms with E-state index in [1.807, 2.05) is 13.8 Å². The average Bonchev–Trinajstić information content (AvgIpc) is 3.02. The van der Waals surface area contributed by atoms with Crippen molar-refractivity contribution in [1.29, 1.82) is 0 Å². The van der Waals surface area contributed by atoms with Crippen LogP contribution in [0.2, 0.25) is 0 Å². The smallest absolute Gasteiger partial charge is 0.282 e. The number of carbonyl (C=O) groups excluding carboxylic acids is 1. The van der Waals surface area contributed by atoms with Crippen molar-refractivity contribution in [1.82, 2.24) is 4.31 Å². The molecule has 0 aliphatic carbocycles. The van der Waals surface area contributed by atoms with Crippen LogP contribution in [-0.4, -0.2) is 51.9 Å². The van der Waals surface area contributed by atoms with Crippen LogP contribution in [0.5, 0.6) is 0 Å². The number of anilines is 1. The van der Waals surface area contributed by atoms with Gasteiger partial charge in [-0.2, -0.15) is 0 Å². The molecule has 6 nitrogen and oxygen atoms in total. The van der Waals surface area contributed by atoms with Crippen LogP contribution < -0.4 is 10.2 Å². The molecule has 0 radical (unpaired) electrons. The minimum absolute atomic E-state index is 0.0654. The third kappa shape index (κ3) is 3.91. The topological polar surface area (TPSA) is 70.9 Å². The molecule has 1 amide bonds. The number of likely N-dealkylation sites (tertiary alicyclic amines) is 1. The first-order valence-electron chi connectivity index (χ1n) is 7.92. The van der Waals surface area contributed by atoms with Crippen molar-refractivity contribution in [3.8, 4) is 0 Å². The van der Waals surface area contributed by atoms with Gasteiger partial charge in [0.05, 0.1) is 18.0 Å². The van der Waals surface area contributed by atoms with Crippen LogP contribution in [-0.2, 0) is 14.8 Å². The summed E-state index contributed by atoms with van der Waals surface area (Å²) in [6.07, 6.45) is 2.31. The number of nitrogens with zero attached hydrogens (tertiary/aromatic N) is 1. The predicted octanol–water partition coefficient (Wildman–Crippen LogP) is 0.251. The highest BCUT2D eigenvalue weighted by molar-refractivity contribution is 7.89. The van der Waals surface area contributed by atoms with Gasteiger partial charge in [0.1, 0.15) is 0 Å². The maximum atomic E-state index is 12.5. The van der Waals surface area contributed by atoms with Gasteiger partial charge in [0.2, 0.25) is 10.0 Å². The van der Waals surface area contributed by atoms with Gasteiger partial charge in [0, 0.05) is 32.6 Å². The Balaban J connectivity index is 2.21. The summed E-state index contributed by atoms with van der Waals surface area (Å²) in [5, 5.41) is 2.90. The number of hydrogen-bond acceptors (Lipinski definition) is 3. The van der Waals surface area contributed by atoms with Gasteiger partial charge in [-0.15, -0.1) is 0 Å². The number of carbonyl (C=O) groups is 1. The summed E-state index contributed by atoms with van der Waals surface area (Å²) in [4.78, 5) is 13.9. The van der Waals surface area contributed by atoms with E-state index in [0.717, 1.165) is 31.5 Å². The zero-order valence-corrected chi connectivity index (χ0v) is 15.0. The minimum atomic E-state index is -3.51. The molecule has 1 heterocycles. The van der Waals surface area contributed by atoms with Crippen LogP contribution in [0.15, 0.2) is 23.1 Å². The molecule has 1 aromatic carbocycles. The molecular formula is C16H26N3O3S+. The Morgan fingerprint density at radius 3 is 2.43 bits per heavy atom. The van der Waals surface area contributed by atoms with Gasteiger partial charge in [-0.25, -0.2) is 12.7 Å². The molecule has 1 fully saturated rings. The van der Waals surface area contributed by atoms with Crippen molar-refractivity contribution in [2.45, 2.75) is 37.6 Å². The van der Waals surface area contributed by atoms with E-state index in [9.17, 15) is 13.2 Å². The van der Waals surface area contributed by atoms with Gasteiger partial charge >= 0.3 is 0 Å². The SMILES string of the molecule is Cc1ccc(S(=O)(=O)N(C)C)cc1NC(=O)[C@H](C)[NH+]1CCCC1. The third-order valence-electron chi connectivity index (χ3n) is 4.50. The number of aryl methyl sites for hydroxylation is 1. The molecule has 7 heteroatoms. The fourth-order valence-corrected chi connectivity index (χ4v) is 3.72. The number of quaternary nitrogens is 1. The van der Waals surface area contributed by atoms with E-state index in [0.29, 0.717) is 5.69 Å². The quantitative estimate of drug-likeness (QED) is 0.807. The number of rotatable bonds is 5. The fraction of sp³-hybridized carbons (Fsp3) is 0.562. The number of sulfonamides is 1. The lowest BCUT2D eigenvalue weighted by molar-refractivity contribution is -0.901. The summed E-state index contributed by atoms with van der Waals surface area (Å²) >= 11 is 0. The zero-order valence-electron chi connectivity index (χ0n) is 14.2. The second-order valence-corrected chi connectivity index (χ2v) is 8.49. The molecule has 128 valence electrons. The highest BCUT2D eigenvalue weighted by Gasteiger charge is 2.28. The van der Waals surface area contributed by atoms with E-state index in [2.05, 4.69) is 5.32 Å². The lowest BCUT2D eigenvalue weighted by Gasteiger charge is -2.21. The minimum Gasteiger partial charge on any atom is -0.325 e. The van der Waals surface area contributed by atoms with Gasteiger partial charge in [-0.3, -0.25) is 4.79 Å². The van der Waals surface area contributed by atoms with Crippen molar-refractivity contribution >= 4 is 21.6 Å². The Hall–Kier alpha value is -1.44. The van der Waals surface area contributed by atoms with E-state index < -0.39 is 10.0 Å². The number of benzene rings is 1. The summed E-state index contributed by atoms with van der Waals surface area (Å²) in [7, 11) is -0.526. The standard InChI is InChI=1S/C16H25N3O3S/c1-12-7-8-14(23(21,22)18(3)4)11-15(12)17-16(20)13(2)19-9-5-6-10-19/h7-8,11,13H,5-6,9-10H2,1-4H3,(H,17,20)/p+1/t13-/m0/s1. The fourth-order valence-electron chi connectivity index (χ4n) is 2.80.